The van der Waals surface area contributed by atoms with Gasteiger partial charge in [0.25, 0.3) is 5.91 Å². The van der Waals surface area contributed by atoms with E-state index in [0.29, 0.717) is 18.2 Å². The van der Waals surface area contributed by atoms with Gasteiger partial charge in [0.15, 0.2) is 5.96 Å². The van der Waals surface area contributed by atoms with Crippen molar-refractivity contribution in [1.29, 1.82) is 0 Å². The highest BCUT2D eigenvalue weighted by molar-refractivity contribution is 14.0. The van der Waals surface area contributed by atoms with Crippen LogP contribution in [0.4, 0.5) is 0 Å². The van der Waals surface area contributed by atoms with Gasteiger partial charge in [0.1, 0.15) is 0 Å². The molecule has 1 aromatic rings. The van der Waals surface area contributed by atoms with Crippen LogP contribution in [0, 0.1) is 0 Å². The number of benzene rings is 1. The number of halogens is 1. The van der Waals surface area contributed by atoms with Gasteiger partial charge >= 0.3 is 0 Å². The second-order valence-electron chi connectivity index (χ2n) is 6.28. The topological polar surface area (TPSA) is 109 Å². The van der Waals surface area contributed by atoms with Gasteiger partial charge in [0, 0.05) is 30.4 Å². The summed E-state index contributed by atoms with van der Waals surface area (Å²) < 4.78 is 0. The van der Waals surface area contributed by atoms with E-state index in [-0.39, 0.29) is 36.4 Å². The molecule has 1 aliphatic rings. The van der Waals surface area contributed by atoms with Crippen molar-refractivity contribution in [2.45, 2.75) is 37.1 Å². The Morgan fingerprint density at radius 3 is 2.48 bits per heavy atom. The van der Waals surface area contributed by atoms with Crippen LogP contribution in [0.2, 0.25) is 0 Å². The Labute approximate surface area is 181 Å². The lowest BCUT2D eigenvalue weighted by molar-refractivity contribution is -0.117. The maximum atomic E-state index is 11.9. The Kier molecular flexibility index (Phi) is 10.5. The van der Waals surface area contributed by atoms with E-state index in [9.17, 15) is 9.59 Å². The summed E-state index contributed by atoms with van der Waals surface area (Å²) in [7, 11) is 1.77. The van der Waals surface area contributed by atoms with E-state index >= 15 is 0 Å². The number of carbonyl (C=O) groups is 2. The molecular weight excluding hydrogens is 477 g/mol. The molecule has 0 spiro atoms. The van der Waals surface area contributed by atoms with E-state index in [2.05, 4.69) is 27.2 Å². The third-order valence-corrected chi connectivity index (χ3v) is 5.48. The van der Waals surface area contributed by atoms with Gasteiger partial charge in [-0.3, -0.25) is 14.6 Å². The summed E-state index contributed by atoms with van der Waals surface area (Å²) in [6.45, 7) is 0.449. The van der Waals surface area contributed by atoms with Crippen LogP contribution in [0.5, 0.6) is 0 Å². The smallest absolute Gasteiger partial charge is 0.251 e. The molecule has 0 heterocycles. The fourth-order valence-electron chi connectivity index (χ4n) is 2.90. The number of hydrogen-bond acceptors (Lipinski definition) is 4. The molecule has 1 aromatic carbocycles. The van der Waals surface area contributed by atoms with Crippen molar-refractivity contribution in [2.24, 2.45) is 10.7 Å². The SMILES string of the molecule is CN=C(NCc1ccc(C(=O)NCC(N)=O)cc1)NC1CCC(SC)C1.I. The third kappa shape index (κ3) is 7.96. The highest BCUT2D eigenvalue weighted by Gasteiger charge is 2.24. The number of amides is 2. The van der Waals surface area contributed by atoms with Crippen molar-refractivity contribution in [3.63, 3.8) is 0 Å². The van der Waals surface area contributed by atoms with Crippen LogP contribution in [0.3, 0.4) is 0 Å². The van der Waals surface area contributed by atoms with E-state index in [1.807, 2.05) is 23.9 Å². The minimum absolute atomic E-state index is 0. The van der Waals surface area contributed by atoms with Crippen molar-refractivity contribution >= 4 is 53.5 Å². The Bertz CT molecular complexity index is 654. The zero-order valence-electron chi connectivity index (χ0n) is 15.7. The van der Waals surface area contributed by atoms with Gasteiger partial charge in [-0.2, -0.15) is 11.8 Å². The van der Waals surface area contributed by atoms with Crippen molar-refractivity contribution in [3.8, 4) is 0 Å². The van der Waals surface area contributed by atoms with Crippen LogP contribution in [-0.2, 0) is 11.3 Å². The molecule has 9 heteroatoms. The van der Waals surface area contributed by atoms with Crippen LogP contribution in [0.25, 0.3) is 0 Å². The minimum atomic E-state index is -0.566. The zero-order chi connectivity index (χ0) is 18.9. The van der Waals surface area contributed by atoms with Gasteiger partial charge in [-0.15, -0.1) is 24.0 Å². The summed E-state index contributed by atoms with van der Waals surface area (Å²) in [5.41, 5.74) is 6.54. The summed E-state index contributed by atoms with van der Waals surface area (Å²) in [6, 6.07) is 7.67. The van der Waals surface area contributed by atoms with Crippen LogP contribution in [-0.4, -0.2) is 48.9 Å². The molecule has 2 rings (SSSR count). The normalized spacial score (nSPS) is 19.1. The third-order valence-electron chi connectivity index (χ3n) is 4.38. The second-order valence-corrected chi connectivity index (χ2v) is 7.42. The van der Waals surface area contributed by atoms with Gasteiger partial charge in [-0.1, -0.05) is 12.1 Å². The molecule has 2 atom stereocenters. The maximum absolute atomic E-state index is 11.9. The molecule has 0 radical (unpaired) electrons. The van der Waals surface area contributed by atoms with Gasteiger partial charge in [0.05, 0.1) is 6.54 Å². The number of nitrogens with two attached hydrogens (primary N) is 1. The summed E-state index contributed by atoms with van der Waals surface area (Å²) in [5, 5.41) is 9.98. The van der Waals surface area contributed by atoms with Gasteiger partial charge in [-0.25, -0.2) is 0 Å². The van der Waals surface area contributed by atoms with Gasteiger partial charge in [0.2, 0.25) is 5.91 Å². The predicted molar refractivity (Wildman–Crippen MR) is 122 cm³/mol. The number of rotatable bonds is 7. The summed E-state index contributed by atoms with van der Waals surface area (Å²) in [4.78, 5) is 26.8. The first-order chi connectivity index (χ1) is 12.5. The zero-order valence-corrected chi connectivity index (χ0v) is 18.8. The molecule has 1 saturated carbocycles. The predicted octanol–water partition coefficient (Wildman–Crippen LogP) is 1.47. The van der Waals surface area contributed by atoms with E-state index < -0.39 is 5.91 Å². The summed E-state index contributed by atoms with van der Waals surface area (Å²) in [6.07, 6.45) is 5.74. The van der Waals surface area contributed by atoms with E-state index in [1.165, 1.54) is 12.8 Å². The lowest BCUT2D eigenvalue weighted by Gasteiger charge is -2.17. The lowest BCUT2D eigenvalue weighted by Crippen LogP contribution is -2.42. The molecular formula is C18H28IN5O2S. The first-order valence-corrected chi connectivity index (χ1v) is 9.96. The first kappa shape index (κ1) is 23.5. The van der Waals surface area contributed by atoms with Crippen LogP contribution < -0.4 is 21.7 Å². The van der Waals surface area contributed by atoms with Crippen LogP contribution in [0.1, 0.15) is 35.2 Å². The van der Waals surface area contributed by atoms with Crippen LogP contribution >= 0.6 is 35.7 Å². The Hall–Kier alpha value is -1.49. The molecule has 27 heavy (non-hydrogen) atoms. The number of thioether (sulfide) groups is 1. The summed E-state index contributed by atoms with van der Waals surface area (Å²) >= 11 is 1.93. The van der Waals surface area contributed by atoms with Crippen molar-refractivity contribution in [3.05, 3.63) is 35.4 Å². The van der Waals surface area contributed by atoms with Crippen molar-refractivity contribution in [2.75, 3.05) is 19.8 Å². The molecule has 150 valence electrons. The molecule has 0 saturated heterocycles. The Balaban J connectivity index is 0.00000364. The van der Waals surface area contributed by atoms with Gasteiger partial charge in [-0.05, 0) is 43.2 Å². The molecule has 5 N–H and O–H groups in total. The highest BCUT2D eigenvalue weighted by atomic mass is 127. The molecule has 0 aliphatic heterocycles. The van der Waals surface area contributed by atoms with Crippen LogP contribution in [0.15, 0.2) is 29.3 Å². The molecule has 7 nitrogen and oxygen atoms in total. The van der Waals surface area contributed by atoms with E-state index in [0.717, 1.165) is 23.2 Å². The highest BCUT2D eigenvalue weighted by Crippen LogP contribution is 2.27. The average molecular weight is 505 g/mol. The van der Waals surface area contributed by atoms with Crippen molar-refractivity contribution < 1.29 is 9.59 Å². The quantitative estimate of drug-likeness (QED) is 0.255. The molecule has 2 amide bonds. The molecule has 0 aromatic heterocycles. The maximum Gasteiger partial charge on any atom is 0.251 e. The number of aliphatic imine (C=N–C) groups is 1. The minimum Gasteiger partial charge on any atom is -0.368 e. The largest absolute Gasteiger partial charge is 0.368 e. The summed E-state index contributed by atoms with van der Waals surface area (Å²) in [5.74, 6) is -0.0884. The number of nitrogens with zero attached hydrogens (tertiary/aromatic N) is 1. The molecule has 2 unspecified atom stereocenters. The Morgan fingerprint density at radius 1 is 1.22 bits per heavy atom. The molecule has 1 aliphatic carbocycles. The molecule has 1 fully saturated rings. The number of hydrogen-bond donors (Lipinski definition) is 4. The standard InChI is InChI=1S/C18H27N5O2S.HI/c1-20-18(23-14-7-8-15(9-14)26-2)22-10-12-3-5-13(6-4-12)17(25)21-11-16(19)24;/h3-6,14-15H,7-11H2,1-2H3,(H2,19,24)(H,21,25)(H2,20,22,23);1H. The van der Waals surface area contributed by atoms with E-state index in [1.54, 1.807) is 19.2 Å². The van der Waals surface area contributed by atoms with Crippen molar-refractivity contribution in [1.82, 2.24) is 16.0 Å². The number of guanidine groups is 1. The first-order valence-electron chi connectivity index (χ1n) is 8.67. The lowest BCUT2D eigenvalue weighted by atomic mass is 10.1. The Morgan fingerprint density at radius 2 is 1.93 bits per heavy atom. The fourth-order valence-corrected chi connectivity index (χ4v) is 3.70. The molecule has 0 bridgehead atoms. The number of carbonyl (C=O) groups excluding carboxylic acids is 2. The number of primary amides is 1. The second kappa shape index (κ2) is 12.1. The van der Waals surface area contributed by atoms with Gasteiger partial charge < -0.3 is 21.7 Å². The monoisotopic (exact) mass is 505 g/mol. The fraction of sp³-hybridized carbons (Fsp3) is 0.500. The number of nitrogens with one attached hydrogen (secondary N) is 3. The average Bonchev–Trinajstić information content (AvgIpc) is 3.11. The van der Waals surface area contributed by atoms with E-state index in [4.69, 9.17) is 5.73 Å².